The van der Waals surface area contributed by atoms with E-state index in [0.717, 1.165) is 18.7 Å². The molecular weight excluding hydrogens is 410 g/mol. The van der Waals surface area contributed by atoms with E-state index in [0.29, 0.717) is 0 Å². The van der Waals surface area contributed by atoms with Crippen molar-refractivity contribution in [2.45, 2.75) is 136 Å². The van der Waals surface area contributed by atoms with Crippen LogP contribution in [-0.4, -0.2) is 34.1 Å². The first-order valence-electron chi connectivity index (χ1n) is 13.8. The number of carboxylic acids is 1. The Labute approximate surface area is 203 Å². The van der Waals surface area contributed by atoms with E-state index in [4.69, 9.17) is 5.73 Å². The molecule has 0 spiro atoms. The van der Waals surface area contributed by atoms with Crippen LogP contribution in [0.5, 0.6) is 0 Å². The van der Waals surface area contributed by atoms with Crippen LogP contribution in [0.25, 0.3) is 0 Å². The van der Waals surface area contributed by atoms with Crippen molar-refractivity contribution in [3.63, 3.8) is 0 Å². The molecule has 5 nitrogen and oxygen atoms in total. The van der Waals surface area contributed by atoms with Gasteiger partial charge in [0.2, 0.25) is 5.84 Å². The Balaban J connectivity index is 1.91. The predicted octanol–water partition coefficient (Wildman–Crippen LogP) is 7.67. The Kier molecular flexibility index (Phi) is 16.9. The number of quaternary nitrogens is 1. The van der Waals surface area contributed by atoms with Gasteiger partial charge in [0, 0.05) is 13.3 Å². The minimum Gasteiger partial charge on any atom is -0.477 e. The summed E-state index contributed by atoms with van der Waals surface area (Å²) in [4.78, 5) is 15.7. The van der Waals surface area contributed by atoms with E-state index in [2.05, 4.69) is 24.1 Å². The van der Waals surface area contributed by atoms with Crippen LogP contribution in [-0.2, 0) is 4.79 Å². The quantitative estimate of drug-likeness (QED) is 0.0984. The summed E-state index contributed by atoms with van der Waals surface area (Å²) in [6.45, 7) is 4.04. The number of unbranched alkanes of at least 4 members (excludes halogenated alkanes) is 15. The van der Waals surface area contributed by atoms with Gasteiger partial charge in [-0.05, 0) is 25.7 Å². The fraction of sp³-hybridized carbons (Fsp3) is 0.786. The van der Waals surface area contributed by atoms with Gasteiger partial charge in [0.1, 0.15) is 12.4 Å². The predicted molar refractivity (Wildman–Crippen MR) is 141 cm³/mol. The highest BCUT2D eigenvalue weighted by atomic mass is 16.4. The number of nitrogens with two attached hydrogens (primary N) is 1. The lowest BCUT2D eigenvalue weighted by molar-refractivity contribution is -0.805. The highest BCUT2D eigenvalue weighted by Gasteiger charge is 2.40. The fourth-order valence-electron chi connectivity index (χ4n) is 4.72. The van der Waals surface area contributed by atoms with Gasteiger partial charge in [0.15, 0.2) is 6.54 Å². The van der Waals surface area contributed by atoms with Crippen LogP contribution in [0.15, 0.2) is 29.5 Å². The summed E-state index contributed by atoms with van der Waals surface area (Å²) >= 11 is 0. The molecule has 0 fully saturated rings. The number of hydrogen-bond donors (Lipinski definition) is 2. The van der Waals surface area contributed by atoms with Crippen molar-refractivity contribution in [1.82, 2.24) is 0 Å². The maximum Gasteiger partial charge on any atom is 0.360 e. The van der Waals surface area contributed by atoms with Gasteiger partial charge in [-0.3, -0.25) is 5.73 Å². The Morgan fingerprint density at radius 3 is 1.85 bits per heavy atom. The Morgan fingerprint density at radius 1 is 0.909 bits per heavy atom. The fourth-order valence-corrected chi connectivity index (χ4v) is 4.72. The molecule has 1 rings (SSSR count). The topological polar surface area (TPSA) is 75.7 Å². The number of aliphatic carboxylic acids is 1. The number of amidine groups is 1. The minimum atomic E-state index is -0.836. The second-order valence-corrected chi connectivity index (χ2v) is 9.79. The smallest absolute Gasteiger partial charge is 0.360 e. The maximum absolute atomic E-state index is 11.3. The van der Waals surface area contributed by atoms with Crippen molar-refractivity contribution in [3.8, 4) is 0 Å². The molecule has 0 bridgehead atoms. The lowest BCUT2D eigenvalue weighted by Gasteiger charge is -2.34. The summed E-state index contributed by atoms with van der Waals surface area (Å²) in [7, 11) is 0. The SMILES string of the molecule is CC/C=C/CCCCCCCCCCCCCCCCCC1=NC=C[N+]1(CC(=O)O)C(C)N. The number of rotatable bonds is 22. The van der Waals surface area contributed by atoms with Crippen LogP contribution in [0.2, 0.25) is 0 Å². The summed E-state index contributed by atoms with van der Waals surface area (Å²) in [5.74, 6) is 0.0640. The zero-order valence-corrected chi connectivity index (χ0v) is 21.6. The van der Waals surface area contributed by atoms with E-state index in [1.54, 1.807) is 6.20 Å². The maximum atomic E-state index is 11.3. The van der Waals surface area contributed by atoms with Gasteiger partial charge in [-0.2, -0.15) is 0 Å². The molecule has 5 heteroatoms. The minimum absolute atomic E-state index is 0.0239. The van der Waals surface area contributed by atoms with E-state index < -0.39 is 5.97 Å². The first kappa shape index (κ1) is 29.6. The summed E-state index contributed by atoms with van der Waals surface area (Å²) in [6.07, 6.45) is 31.3. The second-order valence-electron chi connectivity index (χ2n) is 9.79. The number of carboxylic acid groups (broad SMARTS) is 1. The van der Waals surface area contributed by atoms with Gasteiger partial charge < -0.3 is 5.11 Å². The molecule has 2 atom stereocenters. The molecule has 33 heavy (non-hydrogen) atoms. The van der Waals surface area contributed by atoms with Gasteiger partial charge in [-0.25, -0.2) is 14.3 Å². The highest BCUT2D eigenvalue weighted by molar-refractivity contribution is 5.81. The Morgan fingerprint density at radius 2 is 1.39 bits per heavy atom. The van der Waals surface area contributed by atoms with Crippen molar-refractivity contribution in [3.05, 3.63) is 24.6 Å². The summed E-state index contributed by atoms with van der Waals surface area (Å²) in [5.41, 5.74) is 6.12. The molecular formula is C28H52N3O2+. The van der Waals surface area contributed by atoms with Crippen LogP contribution in [0.3, 0.4) is 0 Å². The molecule has 0 aromatic heterocycles. The van der Waals surface area contributed by atoms with Crippen LogP contribution in [0.1, 0.15) is 129 Å². The number of hydrogen-bond acceptors (Lipinski definition) is 3. The summed E-state index contributed by atoms with van der Waals surface area (Å²) in [6, 6.07) is 0. The lowest BCUT2D eigenvalue weighted by atomic mass is 10.0. The molecule has 1 aliphatic rings. The largest absolute Gasteiger partial charge is 0.477 e. The first-order chi connectivity index (χ1) is 16.0. The molecule has 190 valence electrons. The monoisotopic (exact) mass is 462 g/mol. The van der Waals surface area contributed by atoms with Crippen molar-refractivity contribution in [2.75, 3.05) is 6.54 Å². The normalized spacial score (nSPS) is 18.8. The lowest BCUT2D eigenvalue weighted by Crippen LogP contribution is -2.59. The van der Waals surface area contributed by atoms with E-state index in [9.17, 15) is 9.90 Å². The van der Waals surface area contributed by atoms with E-state index >= 15 is 0 Å². The number of aliphatic imine (C=N–C) groups is 1. The van der Waals surface area contributed by atoms with E-state index in [-0.39, 0.29) is 17.2 Å². The van der Waals surface area contributed by atoms with Crippen LogP contribution < -0.4 is 5.73 Å². The molecule has 1 aliphatic heterocycles. The number of allylic oxidation sites excluding steroid dienone is 2. The van der Waals surface area contributed by atoms with Gasteiger partial charge in [-0.15, -0.1) is 0 Å². The van der Waals surface area contributed by atoms with Gasteiger partial charge in [0.05, 0.1) is 6.20 Å². The molecule has 2 unspecified atom stereocenters. The second kappa shape index (κ2) is 18.9. The molecule has 0 radical (unpaired) electrons. The zero-order chi connectivity index (χ0) is 24.2. The van der Waals surface area contributed by atoms with Crippen molar-refractivity contribution < 1.29 is 14.4 Å². The van der Waals surface area contributed by atoms with E-state index in [1.807, 2.05) is 13.1 Å². The molecule has 1 heterocycles. The number of carbonyl (C=O) groups is 1. The van der Waals surface area contributed by atoms with Crippen molar-refractivity contribution in [2.24, 2.45) is 10.7 Å². The third-order valence-corrected chi connectivity index (χ3v) is 6.83. The third kappa shape index (κ3) is 13.1. The van der Waals surface area contributed by atoms with Gasteiger partial charge >= 0.3 is 5.97 Å². The molecule has 0 amide bonds. The molecule has 0 aliphatic carbocycles. The average Bonchev–Trinajstić information content (AvgIpc) is 3.18. The van der Waals surface area contributed by atoms with Gasteiger partial charge in [0.25, 0.3) is 0 Å². The van der Waals surface area contributed by atoms with E-state index in [1.165, 1.54) is 103 Å². The third-order valence-electron chi connectivity index (χ3n) is 6.83. The van der Waals surface area contributed by atoms with Crippen LogP contribution in [0.4, 0.5) is 0 Å². The molecule has 0 aromatic carbocycles. The standard InChI is InChI=1S/C28H51N3O2/c1-3-4-5-6-7-8-9-10-11-12-13-14-15-16-17-18-19-20-21-22-27-30-23-24-31(27,26(2)29)25-28(32)33/h4-5,23-24,26H,3,6-22,25,29H2,1-2H3/p+1/b5-4+. The first-order valence-corrected chi connectivity index (χ1v) is 13.8. The van der Waals surface area contributed by atoms with Crippen LogP contribution >= 0.6 is 0 Å². The van der Waals surface area contributed by atoms with Crippen molar-refractivity contribution in [1.29, 1.82) is 0 Å². The highest BCUT2D eigenvalue weighted by Crippen LogP contribution is 2.23. The molecule has 3 N–H and O–H groups in total. The summed E-state index contributed by atoms with van der Waals surface area (Å²) < 4.78 is 0.173. The Bertz CT molecular complexity index is 598. The molecule has 0 saturated heterocycles. The molecule has 0 aromatic rings. The molecule has 0 saturated carbocycles. The van der Waals surface area contributed by atoms with Crippen molar-refractivity contribution >= 4 is 11.8 Å². The summed E-state index contributed by atoms with van der Waals surface area (Å²) in [5, 5.41) is 9.28. The van der Waals surface area contributed by atoms with Crippen LogP contribution in [0, 0.1) is 0 Å². The zero-order valence-electron chi connectivity index (χ0n) is 21.6. The number of nitrogens with zero attached hydrogens (tertiary/aromatic N) is 2. The Hall–Kier alpha value is -1.46. The van der Waals surface area contributed by atoms with Gasteiger partial charge in [-0.1, -0.05) is 103 Å². The average molecular weight is 463 g/mol.